The van der Waals surface area contributed by atoms with Gasteiger partial charge in [-0.1, -0.05) is 23.7 Å². The Morgan fingerprint density at radius 3 is 2.88 bits per heavy atom. The molecule has 0 saturated carbocycles. The summed E-state index contributed by atoms with van der Waals surface area (Å²) in [5, 5.41) is 6.27. The van der Waals surface area contributed by atoms with Gasteiger partial charge in [0.15, 0.2) is 0 Å². The van der Waals surface area contributed by atoms with E-state index in [-0.39, 0.29) is 12.5 Å². The number of halogens is 1. The predicted octanol–water partition coefficient (Wildman–Crippen LogP) is 2.28. The van der Waals surface area contributed by atoms with Crippen molar-refractivity contribution in [1.82, 2.24) is 5.32 Å². The summed E-state index contributed by atoms with van der Waals surface area (Å²) in [6.45, 7) is 0.996. The van der Waals surface area contributed by atoms with Crippen LogP contribution < -0.4 is 10.6 Å². The first kappa shape index (κ1) is 13.6. The van der Waals surface area contributed by atoms with E-state index in [1.807, 2.05) is 12.1 Å². The summed E-state index contributed by atoms with van der Waals surface area (Å²) in [5.74, 6) is 2.43. The number of para-hydroxylation sites is 1. The molecule has 0 aliphatic rings. The summed E-state index contributed by atoms with van der Waals surface area (Å²) >= 11 is 5.91. The molecular formula is C13H15ClN2O. The van der Waals surface area contributed by atoms with Crippen molar-refractivity contribution in [3.05, 3.63) is 29.3 Å². The van der Waals surface area contributed by atoms with Crippen LogP contribution in [0.1, 0.15) is 12.8 Å². The number of carbonyl (C=O) groups is 1. The van der Waals surface area contributed by atoms with E-state index >= 15 is 0 Å². The van der Waals surface area contributed by atoms with Crippen molar-refractivity contribution < 1.29 is 4.79 Å². The largest absolute Gasteiger partial charge is 0.324 e. The number of carbonyl (C=O) groups excluding carboxylic acids is 1. The van der Waals surface area contributed by atoms with Crippen LogP contribution >= 0.6 is 11.6 Å². The molecule has 2 N–H and O–H groups in total. The second-order valence-corrected chi connectivity index (χ2v) is 3.92. The van der Waals surface area contributed by atoms with Crippen molar-refractivity contribution in [3.63, 3.8) is 0 Å². The molecule has 3 nitrogen and oxygen atoms in total. The zero-order valence-corrected chi connectivity index (χ0v) is 10.3. The zero-order chi connectivity index (χ0) is 12.5. The average Bonchev–Trinajstić information content (AvgIpc) is 2.32. The first-order chi connectivity index (χ1) is 8.24. The molecule has 90 valence electrons. The van der Waals surface area contributed by atoms with Crippen molar-refractivity contribution >= 4 is 23.2 Å². The number of nitrogens with one attached hydrogen (secondary N) is 2. The van der Waals surface area contributed by atoms with Gasteiger partial charge in [-0.15, -0.1) is 12.3 Å². The molecule has 0 fully saturated rings. The van der Waals surface area contributed by atoms with E-state index < -0.39 is 0 Å². The normalized spacial score (nSPS) is 9.65. The fourth-order valence-corrected chi connectivity index (χ4v) is 1.46. The quantitative estimate of drug-likeness (QED) is 0.601. The van der Waals surface area contributed by atoms with Gasteiger partial charge in [-0.05, 0) is 25.1 Å². The summed E-state index contributed by atoms with van der Waals surface area (Å²) in [7, 11) is 0. The van der Waals surface area contributed by atoms with Gasteiger partial charge in [0, 0.05) is 6.42 Å². The van der Waals surface area contributed by atoms with Gasteiger partial charge < -0.3 is 10.6 Å². The SMILES string of the molecule is C#CCCCNCC(=O)Nc1ccccc1Cl. The topological polar surface area (TPSA) is 41.1 Å². The predicted molar refractivity (Wildman–Crippen MR) is 71.0 cm³/mol. The standard InChI is InChI=1S/C13H15ClN2O/c1-2-3-6-9-15-10-13(17)16-12-8-5-4-7-11(12)14/h1,4-5,7-8,15H,3,6,9-10H2,(H,16,17). The maximum absolute atomic E-state index is 11.5. The molecule has 0 aliphatic heterocycles. The minimum Gasteiger partial charge on any atom is -0.324 e. The lowest BCUT2D eigenvalue weighted by atomic mass is 10.3. The third kappa shape index (κ3) is 5.39. The molecular weight excluding hydrogens is 236 g/mol. The van der Waals surface area contributed by atoms with Gasteiger partial charge in [-0.25, -0.2) is 0 Å². The lowest BCUT2D eigenvalue weighted by Crippen LogP contribution is -2.28. The van der Waals surface area contributed by atoms with Gasteiger partial charge in [-0.3, -0.25) is 4.79 Å². The van der Waals surface area contributed by atoms with Crippen LogP contribution in [0, 0.1) is 12.3 Å². The van der Waals surface area contributed by atoms with Crippen molar-refractivity contribution in [1.29, 1.82) is 0 Å². The van der Waals surface area contributed by atoms with Crippen LogP contribution in [0.4, 0.5) is 5.69 Å². The van der Waals surface area contributed by atoms with Crippen LogP contribution in [0.15, 0.2) is 24.3 Å². The molecule has 1 amide bonds. The Labute approximate surface area is 107 Å². The molecule has 1 rings (SSSR count). The second kappa shape index (κ2) is 7.72. The van der Waals surface area contributed by atoms with Gasteiger partial charge in [0.2, 0.25) is 5.91 Å². The van der Waals surface area contributed by atoms with E-state index in [1.54, 1.807) is 12.1 Å². The highest BCUT2D eigenvalue weighted by Crippen LogP contribution is 2.19. The fraction of sp³-hybridized carbons (Fsp3) is 0.308. The first-order valence-electron chi connectivity index (χ1n) is 5.42. The Balaban J connectivity index is 2.26. The number of benzene rings is 1. The van der Waals surface area contributed by atoms with Crippen LogP contribution in [0.5, 0.6) is 0 Å². The van der Waals surface area contributed by atoms with Crippen LogP contribution in [0.2, 0.25) is 5.02 Å². The highest BCUT2D eigenvalue weighted by Gasteiger charge is 2.03. The lowest BCUT2D eigenvalue weighted by molar-refractivity contribution is -0.115. The fourth-order valence-electron chi connectivity index (χ4n) is 1.27. The molecule has 1 aromatic carbocycles. The summed E-state index contributed by atoms with van der Waals surface area (Å²) in [4.78, 5) is 11.5. The number of hydrogen-bond acceptors (Lipinski definition) is 2. The molecule has 0 heterocycles. The van der Waals surface area contributed by atoms with Crippen LogP contribution in [0.3, 0.4) is 0 Å². The third-order valence-electron chi connectivity index (χ3n) is 2.11. The Morgan fingerprint density at radius 2 is 2.18 bits per heavy atom. The van der Waals surface area contributed by atoms with Gasteiger partial charge >= 0.3 is 0 Å². The maximum Gasteiger partial charge on any atom is 0.238 e. The molecule has 0 radical (unpaired) electrons. The molecule has 4 heteroatoms. The number of rotatable bonds is 6. The summed E-state index contributed by atoms with van der Waals surface area (Å²) in [5.41, 5.74) is 0.629. The minimum absolute atomic E-state index is 0.112. The highest BCUT2D eigenvalue weighted by atomic mass is 35.5. The summed E-state index contributed by atoms with van der Waals surface area (Å²) < 4.78 is 0. The first-order valence-corrected chi connectivity index (χ1v) is 5.80. The van der Waals surface area contributed by atoms with E-state index in [1.165, 1.54) is 0 Å². The Kier molecular flexibility index (Phi) is 6.16. The van der Waals surface area contributed by atoms with Gasteiger partial charge in [0.25, 0.3) is 0 Å². The average molecular weight is 251 g/mol. The number of hydrogen-bond donors (Lipinski definition) is 2. The summed E-state index contributed by atoms with van der Waals surface area (Å²) in [6, 6.07) is 7.13. The smallest absolute Gasteiger partial charge is 0.238 e. The molecule has 0 atom stereocenters. The number of unbranched alkanes of at least 4 members (excludes halogenated alkanes) is 1. The third-order valence-corrected chi connectivity index (χ3v) is 2.44. The van der Waals surface area contributed by atoms with Crippen molar-refractivity contribution in [2.45, 2.75) is 12.8 Å². The van der Waals surface area contributed by atoms with E-state index in [2.05, 4.69) is 16.6 Å². The van der Waals surface area contributed by atoms with Gasteiger partial charge in [0.1, 0.15) is 0 Å². The Bertz CT molecular complexity index is 412. The monoisotopic (exact) mass is 250 g/mol. The van der Waals surface area contributed by atoms with Crippen LogP contribution in [-0.4, -0.2) is 19.0 Å². The zero-order valence-electron chi connectivity index (χ0n) is 9.50. The highest BCUT2D eigenvalue weighted by molar-refractivity contribution is 6.33. The number of amides is 1. The molecule has 0 bridgehead atoms. The van der Waals surface area contributed by atoms with Crippen molar-refractivity contribution in [3.8, 4) is 12.3 Å². The molecule has 0 aromatic heterocycles. The van der Waals surface area contributed by atoms with Crippen molar-refractivity contribution in [2.75, 3.05) is 18.4 Å². The molecule has 17 heavy (non-hydrogen) atoms. The molecule has 0 aliphatic carbocycles. The Morgan fingerprint density at radius 1 is 1.41 bits per heavy atom. The Hall–Kier alpha value is -1.50. The minimum atomic E-state index is -0.112. The molecule has 1 aromatic rings. The molecule has 0 saturated heterocycles. The lowest BCUT2D eigenvalue weighted by Gasteiger charge is -2.07. The van der Waals surface area contributed by atoms with E-state index in [0.29, 0.717) is 10.7 Å². The number of anilines is 1. The van der Waals surface area contributed by atoms with Gasteiger partial charge in [0.05, 0.1) is 17.3 Å². The number of terminal acetylenes is 1. The maximum atomic E-state index is 11.5. The molecule has 0 spiro atoms. The van der Waals surface area contributed by atoms with Crippen LogP contribution in [-0.2, 0) is 4.79 Å². The van der Waals surface area contributed by atoms with E-state index in [9.17, 15) is 4.79 Å². The van der Waals surface area contributed by atoms with E-state index in [4.69, 9.17) is 18.0 Å². The van der Waals surface area contributed by atoms with Gasteiger partial charge in [-0.2, -0.15) is 0 Å². The summed E-state index contributed by atoms with van der Waals surface area (Å²) in [6.07, 6.45) is 6.71. The molecule has 0 unspecified atom stereocenters. The van der Waals surface area contributed by atoms with E-state index in [0.717, 1.165) is 19.4 Å². The second-order valence-electron chi connectivity index (χ2n) is 3.51. The van der Waals surface area contributed by atoms with Crippen molar-refractivity contribution in [2.24, 2.45) is 0 Å². The van der Waals surface area contributed by atoms with Crippen LogP contribution in [0.25, 0.3) is 0 Å².